The summed E-state index contributed by atoms with van der Waals surface area (Å²) in [7, 11) is 0. The predicted molar refractivity (Wildman–Crippen MR) is 78.0 cm³/mol. The zero-order valence-corrected chi connectivity index (χ0v) is 12.1. The molecule has 1 amide bonds. The minimum atomic E-state index is -0.151. The SMILES string of the molecule is CCc1ccc(C(C)NC(C)C(=O)NC2CC2)cc1. The molecule has 2 atom stereocenters. The predicted octanol–water partition coefficient (Wildman–Crippen LogP) is 2.57. The van der Waals surface area contributed by atoms with Gasteiger partial charge in [-0.25, -0.2) is 0 Å². The van der Waals surface area contributed by atoms with Crippen LogP contribution in [0.5, 0.6) is 0 Å². The summed E-state index contributed by atoms with van der Waals surface area (Å²) >= 11 is 0. The molecule has 2 N–H and O–H groups in total. The third kappa shape index (κ3) is 4.06. The van der Waals surface area contributed by atoms with Crippen molar-refractivity contribution in [3.05, 3.63) is 35.4 Å². The van der Waals surface area contributed by atoms with Gasteiger partial charge in [-0.05, 0) is 44.2 Å². The van der Waals surface area contributed by atoms with Gasteiger partial charge in [0.1, 0.15) is 0 Å². The lowest BCUT2D eigenvalue weighted by molar-refractivity contribution is -0.123. The van der Waals surface area contributed by atoms with E-state index in [-0.39, 0.29) is 18.0 Å². The van der Waals surface area contributed by atoms with Crippen LogP contribution in [-0.2, 0) is 11.2 Å². The quantitative estimate of drug-likeness (QED) is 0.825. The molecule has 1 saturated carbocycles. The smallest absolute Gasteiger partial charge is 0.237 e. The highest BCUT2D eigenvalue weighted by Gasteiger charge is 2.26. The summed E-state index contributed by atoms with van der Waals surface area (Å²) in [6, 6.07) is 9.05. The maximum absolute atomic E-state index is 11.9. The second-order valence-electron chi connectivity index (χ2n) is 5.49. The van der Waals surface area contributed by atoms with Crippen molar-refractivity contribution in [2.45, 2.75) is 58.2 Å². The Balaban J connectivity index is 1.87. The Bertz CT molecular complexity index is 423. The first-order valence-electron chi connectivity index (χ1n) is 7.25. The monoisotopic (exact) mass is 260 g/mol. The molecule has 0 spiro atoms. The van der Waals surface area contributed by atoms with Gasteiger partial charge in [-0.15, -0.1) is 0 Å². The van der Waals surface area contributed by atoms with Gasteiger partial charge >= 0.3 is 0 Å². The van der Waals surface area contributed by atoms with E-state index < -0.39 is 0 Å². The first-order chi connectivity index (χ1) is 9.10. The van der Waals surface area contributed by atoms with E-state index in [9.17, 15) is 4.79 Å². The van der Waals surface area contributed by atoms with E-state index >= 15 is 0 Å². The van der Waals surface area contributed by atoms with Gasteiger partial charge in [0.05, 0.1) is 6.04 Å². The lowest BCUT2D eigenvalue weighted by atomic mass is 10.0. The molecule has 0 radical (unpaired) electrons. The Morgan fingerprint density at radius 2 is 1.89 bits per heavy atom. The third-order valence-corrected chi connectivity index (χ3v) is 3.70. The van der Waals surface area contributed by atoms with Crippen LogP contribution in [0.15, 0.2) is 24.3 Å². The van der Waals surface area contributed by atoms with E-state index in [0.717, 1.165) is 19.3 Å². The summed E-state index contributed by atoms with van der Waals surface area (Å²) in [5.41, 5.74) is 2.57. The van der Waals surface area contributed by atoms with Crippen molar-refractivity contribution in [3.63, 3.8) is 0 Å². The highest BCUT2D eigenvalue weighted by atomic mass is 16.2. The second kappa shape index (κ2) is 6.20. The van der Waals surface area contributed by atoms with Gasteiger partial charge in [0.2, 0.25) is 5.91 Å². The van der Waals surface area contributed by atoms with E-state index in [1.165, 1.54) is 11.1 Å². The number of carbonyl (C=O) groups is 1. The Hall–Kier alpha value is -1.35. The maximum Gasteiger partial charge on any atom is 0.237 e. The van der Waals surface area contributed by atoms with Gasteiger partial charge in [0.15, 0.2) is 0 Å². The molecule has 0 aromatic heterocycles. The van der Waals surface area contributed by atoms with Gasteiger partial charge in [-0.2, -0.15) is 0 Å². The number of aryl methyl sites for hydroxylation is 1. The van der Waals surface area contributed by atoms with Crippen LogP contribution < -0.4 is 10.6 Å². The molecule has 104 valence electrons. The molecule has 0 bridgehead atoms. The molecular formula is C16H24N2O. The standard InChI is InChI=1S/C16H24N2O/c1-4-13-5-7-14(8-6-13)11(2)17-12(3)16(19)18-15-9-10-15/h5-8,11-12,15,17H,4,9-10H2,1-3H3,(H,18,19). The van der Waals surface area contributed by atoms with Gasteiger partial charge in [0, 0.05) is 12.1 Å². The molecule has 3 nitrogen and oxygen atoms in total. The summed E-state index contributed by atoms with van der Waals surface area (Å²) in [4.78, 5) is 11.9. The Morgan fingerprint density at radius 1 is 1.26 bits per heavy atom. The number of hydrogen-bond donors (Lipinski definition) is 2. The van der Waals surface area contributed by atoms with E-state index in [2.05, 4.69) is 48.7 Å². The molecule has 1 aliphatic carbocycles. The van der Waals surface area contributed by atoms with Crippen molar-refractivity contribution >= 4 is 5.91 Å². The van der Waals surface area contributed by atoms with Crippen LogP contribution in [0.4, 0.5) is 0 Å². The average molecular weight is 260 g/mol. The molecule has 0 aliphatic heterocycles. The van der Waals surface area contributed by atoms with E-state index in [1.807, 2.05) is 6.92 Å². The fraction of sp³-hybridized carbons (Fsp3) is 0.562. The van der Waals surface area contributed by atoms with Crippen LogP contribution in [0, 0.1) is 0 Å². The highest BCUT2D eigenvalue weighted by Crippen LogP contribution is 2.19. The third-order valence-electron chi connectivity index (χ3n) is 3.70. The molecule has 2 unspecified atom stereocenters. The Kier molecular flexibility index (Phi) is 4.59. The number of benzene rings is 1. The molecule has 1 aliphatic rings. The fourth-order valence-corrected chi connectivity index (χ4v) is 2.14. The molecule has 1 fully saturated rings. The lowest BCUT2D eigenvalue weighted by Gasteiger charge is -2.20. The van der Waals surface area contributed by atoms with Crippen molar-refractivity contribution < 1.29 is 4.79 Å². The topological polar surface area (TPSA) is 41.1 Å². The molecule has 1 aromatic carbocycles. The van der Waals surface area contributed by atoms with Crippen molar-refractivity contribution in [2.24, 2.45) is 0 Å². The average Bonchev–Trinajstić information content (AvgIpc) is 3.22. The largest absolute Gasteiger partial charge is 0.352 e. The second-order valence-corrected chi connectivity index (χ2v) is 5.49. The van der Waals surface area contributed by atoms with Crippen molar-refractivity contribution in [3.8, 4) is 0 Å². The van der Waals surface area contributed by atoms with Crippen LogP contribution in [-0.4, -0.2) is 18.0 Å². The normalized spacial score (nSPS) is 17.8. The summed E-state index contributed by atoms with van der Waals surface area (Å²) in [5, 5.41) is 6.38. The molecule has 0 saturated heterocycles. The zero-order chi connectivity index (χ0) is 13.8. The molecule has 1 aromatic rings. The van der Waals surface area contributed by atoms with Crippen LogP contribution in [0.3, 0.4) is 0 Å². The fourth-order valence-electron chi connectivity index (χ4n) is 2.14. The van der Waals surface area contributed by atoms with Crippen LogP contribution in [0.1, 0.15) is 50.8 Å². The molecule has 2 rings (SSSR count). The molecular weight excluding hydrogens is 236 g/mol. The van der Waals surface area contributed by atoms with Crippen molar-refractivity contribution in [1.29, 1.82) is 0 Å². The van der Waals surface area contributed by atoms with Crippen molar-refractivity contribution in [1.82, 2.24) is 10.6 Å². The van der Waals surface area contributed by atoms with Gasteiger partial charge in [0.25, 0.3) is 0 Å². The van der Waals surface area contributed by atoms with E-state index in [1.54, 1.807) is 0 Å². The maximum atomic E-state index is 11.9. The first-order valence-corrected chi connectivity index (χ1v) is 7.25. The Morgan fingerprint density at radius 3 is 2.42 bits per heavy atom. The minimum absolute atomic E-state index is 0.111. The van der Waals surface area contributed by atoms with Gasteiger partial charge in [-0.1, -0.05) is 31.2 Å². The summed E-state index contributed by atoms with van der Waals surface area (Å²) in [5.74, 6) is 0.111. The van der Waals surface area contributed by atoms with E-state index in [4.69, 9.17) is 0 Å². The minimum Gasteiger partial charge on any atom is -0.352 e. The number of carbonyl (C=O) groups excluding carboxylic acids is 1. The number of amides is 1. The van der Waals surface area contributed by atoms with Crippen molar-refractivity contribution in [2.75, 3.05) is 0 Å². The molecule has 19 heavy (non-hydrogen) atoms. The summed E-state index contributed by atoms with van der Waals surface area (Å²) < 4.78 is 0. The van der Waals surface area contributed by atoms with Crippen LogP contribution in [0.25, 0.3) is 0 Å². The van der Waals surface area contributed by atoms with Gasteiger partial charge in [-0.3, -0.25) is 10.1 Å². The first kappa shape index (κ1) is 14.1. The summed E-state index contributed by atoms with van der Waals surface area (Å²) in [6.45, 7) is 6.18. The van der Waals surface area contributed by atoms with Gasteiger partial charge < -0.3 is 5.32 Å². The number of rotatable bonds is 6. The molecule has 0 heterocycles. The number of nitrogens with one attached hydrogen (secondary N) is 2. The van der Waals surface area contributed by atoms with Crippen LogP contribution in [0.2, 0.25) is 0 Å². The summed E-state index contributed by atoms with van der Waals surface area (Å²) in [6.07, 6.45) is 3.32. The Labute approximate surface area is 115 Å². The van der Waals surface area contributed by atoms with E-state index in [0.29, 0.717) is 6.04 Å². The lowest BCUT2D eigenvalue weighted by Crippen LogP contribution is -2.43. The van der Waals surface area contributed by atoms with Crippen LogP contribution >= 0.6 is 0 Å². The molecule has 3 heteroatoms. The highest BCUT2D eigenvalue weighted by molar-refractivity contribution is 5.81. The number of hydrogen-bond acceptors (Lipinski definition) is 2. The zero-order valence-electron chi connectivity index (χ0n) is 12.1.